The van der Waals surface area contributed by atoms with Crippen LogP contribution >= 0.6 is 0 Å². The average Bonchev–Trinajstić information content (AvgIpc) is 3.79. The molecule has 0 spiro atoms. The Morgan fingerprint density at radius 3 is 2.12 bits per heavy atom. The summed E-state index contributed by atoms with van der Waals surface area (Å²) in [5.74, 6) is -3.46. The number of carbonyl (C=O) groups is 6. The van der Waals surface area contributed by atoms with Crippen LogP contribution in [0.3, 0.4) is 0 Å². The second-order valence-corrected chi connectivity index (χ2v) is 12.4. The summed E-state index contributed by atoms with van der Waals surface area (Å²) >= 11 is 0. The van der Waals surface area contributed by atoms with E-state index in [0.29, 0.717) is 24.2 Å². The molecule has 12 N–H and O–H groups in total. The minimum absolute atomic E-state index is 0.00499. The maximum Gasteiger partial charge on any atom is 0.245 e. The van der Waals surface area contributed by atoms with Crippen LogP contribution in [0.25, 0.3) is 0 Å². The fraction of sp³-hybridized carbons (Fsp3) is 0.515. The van der Waals surface area contributed by atoms with Crippen LogP contribution in [0.1, 0.15) is 43.9 Å². The van der Waals surface area contributed by atoms with Crippen molar-refractivity contribution in [3.05, 3.63) is 48.0 Å². The molecule has 2 aromatic rings. The highest BCUT2D eigenvalue weighted by atomic mass is 16.3. The first-order valence-corrected chi connectivity index (χ1v) is 17.0. The number of phenols is 1. The molecule has 1 aromatic carbocycles. The van der Waals surface area contributed by atoms with Gasteiger partial charge in [-0.15, -0.1) is 0 Å². The van der Waals surface area contributed by atoms with E-state index in [9.17, 15) is 33.9 Å². The van der Waals surface area contributed by atoms with Gasteiger partial charge in [0.2, 0.25) is 35.4 Å². The minimum atomic E-state index is -1.19. The Balaban J connectivity index is 1.63. The first-order chi connectivity index (χ1) is 24.9. The number of likely N-dealkylation sites (tertiary alicyclic amines) is 1. The molecule has 0 aliphatic carbocycles. The van der Waals surface area contributed by atoms with Gasteiger partial charge in [0, 0.05) is 43.9 Å². The second kappa shape index (κ2) is 20.8. The molecule has 1 aliphatic rings. The van der Waals surface area contributed by atoms with Crippen molar-refractivity contribution in [2.75, 3.05) is 39.8 Å². The number of guanidine groups is 1. The van der Waals surface area contributed by atoms with Gasteiger partial charge in [-0.1, -0.05) is 12.1 Å². The lowest BCUT2D eigenvalue weighted by molar-refractivity contribution is -0.137. The molecule has 4 atom stereocenters. The molecular formula is C33H50N12O7. The predicted molar refractivity (Wildman–Crippen MR) is 190 cm³/mol. The van der Waals surface area contributed by atoms with Crippen molar-refractivity contribution in [2.24, 2.45) is 16.5 Å². The summed E-state index contributed by atoms with van der Waals surface area (Å²) in [6, 6.07) is 2.93. The van der Waals surface area contributed by atoms with Gasteiger partial charge in [-0.05, 0) is 57.4 Å². The summed E-state index contributed by atoms with van der Waals surface area (Å²) in [5.41, 5.74) is 11.9. The van der Waals surface area contributed by atoms with Crippen molar-refractivity contribution in [2.45, 2.75) is 69.6 Å². The fourth-order valence-corrected chi connectivity index (χ4v) is 5.60. The molecule has 6 amide bonds. The monoisotopic (exact) mass is 726 g/mol. The number of rotatable bonds is 20. The van der Waals surface area contributed by atoms with E-state index in [1.54, 1.807) is 30.3 Å². The van der Waals surface area contributed by atoms with E-state index in [1.165, 1.54) is 18.5 Å². The average molecular weight is 727 g/mol. The molecular weight excluding hydrogens is 676 g/mol. The van der Waals surface area contributed by atoms with Gasteiger partial charge in [0.05, 0.1) is 26.0 Å². The van der Waals surface area contributed by atoms with E-state index in [-0.39, 0.29) is 56.0 Å². The number of nitrogens with zero attached hydrogens (tertiary/aromatic N) is 3. The Bertz CT molecular complexity index is 1530. The molecule has 0 radical (unpaired) electrons. The van der Waals surface area contributed by atoms with Crippen LogP contribution in [-0.4, -0.2) is 125 Å². The SMILES string of the molecule is CNCC(=O)N[C@@H](CCCN=C(N)N)C(=O)NCC(=O)N[C@@H](Cc1ccc(O)cc1)C(=O)NCC(=O)N[C@@H](Cc1cnc[nH]1)C(=O)N1CCC[C@H]1C. The largest absolute Gasteiger partial charge is 0.508 e. The van der Waals surface area contributed by atoms with Crippen molar-refractivity contribution in [3.8, 4) is 5.75 Å². The Morgan fingerprint density at radius 1 is 0.923 bits per heavy atom. The number of nitrogens with two attached hydrogens (primary N) is 2. The number of aromatic hydroxyl groups is 1. The van der Waals surface area contributed by atoms with E-state index in [2.05, 4.69) is 46.9 Å². The number of benzene rings is 1. The molecule has 52 heavy (non-hydrogen) atoms. The highest BCUT2D eigenvalue weighted by Crippen LogP contribution is 2.18. The second-order valence-electron chi connectivity index (χ2n) is 12.4. The van der Waals surface area contributed by atoms with Crippen LogP contribution in [0.4, 0.5) is 0 Å². The highest BCUT2D eigenvalue weighted by molar-refractivity contribution is 5.94. The number of hydrogen-bond donors (Lipinski definition) is 10. The Hall–Kier alpha value is -5.72. The Kier molecular flexibility index (Phi) is 16.3. The molecule has 0 saturated carbocycles. The number of nitrogens with one attached hydrogen (secondary N) is 7. The molecule has 19 heteroatoms. The lowest BCUT2D eigenvalue weighted by atomic mass is 10.0. The maximum atomic E-state index is 13.4. The van der Waals surface area contributed by atoms with Gasteiger partial charge in [-0.3, -0.25) is 33.8 Å². The maximum absolute atomic E-state index is 13.4. The zero-order valence-corrected chi connectivity index (χ0v) is 29.4. The van der Waals surface area contributed by atoms with Gasteiger partial charge in [0.25, 0.3) is 0 Å². The number of aliphatic imine (C=N–C) groups is 1. The summed E-state index contributed by atoms with van der Waals surface area (Å²) in [6.45, 7) is 1.69. The summed E-state index contributed by atoms with van der Waals surface area (Å²) in [4.78, 5) is 90.6. The predicted octanol–water partition coefficient (Wildman–Crippen LogP) is -3.13. The number of H-pyrrole nitrogens is 1. The van der Waals surface area contributed by atoms with E-state index in [4.69, 9.17) is 11.5 Å². The standard InChI is InChI=1S/C33H50N12O7/c1-20-5-4-12-45(20)32(52)26(14-22-15-37-19-41-22)44-29(49)18-40-31(51)25(13-21-7-9-23(46)10-8-21)43-28(48)17-39-30(50)24(42-27(47)16-36-2)6-3-11-38-33(34)35/h7-10,15,19-20,24-26,36,46H,3-6,11-14,16-18H2,1-2H3,(H,37,41)(H,39,50)(H,40,51)(H,42,47)(H,43,48)(H,44,49)(H4,34,35,38)/t20-,24+,25+,26+/m1/s1. The number of aromatic nitrogens is 2. The molecule has 1 aromatic heterocycles. The van der Waals surface area contributed by atoms with Crippen LogP contribution in [0.2, 0.25) is 0 Å². The number of phenolic OH excluding ortho intramolecular Hbond substituents is 1. The number of imidazole rings is 1. The minimum Gasteiger partial charge on any atom is -0.508 e. The molecule has 1 saturated heterocycles. The molecule has 2 heterocycles. The molecule has 0 bridgehead atoms. The quantitative estimate of drug-likeness (QED) is 0.0370. The normalized spacial score (nSPS) is 15.4. The third-order valence-electron chi connectivity index (χ3n) is 8.26. The van der Waals surface area contributed by atoms with Crippen molar-refractivity contribution < 1.29 is 33.9 Å². The van der Waals surface area contributed by atoms with Crippen LogP contribution in [0.5, 0.6) is 5.75 Å². The number of amides is 6. The van der Waals surface area contributed by atoms with Crippen LogP contribution in [-0.2, 0) is 41.6 Å². The third-order valence-corrected chi connectivity index (χ3v) is 8.26. The number of carbonyl (C=O) groups excluding carboxylic acids is 6. The van der Waals surface area contributed by atoms with Crippen molar-refractivity contribution in [1.82, 2.24) is 46.8 Å². The Labute approximate surface area is 301 Å². The third kappa shape index (κ3) is 13.9. The summed E-state index contributed by atoms with van der Waals surface area (Å²) in [6.07, 6.45) is 5.45. The van der Waals surface area contributed by atoms with Gasteiger partial charge in [-0.2, -0.15) is 0 Å². The van der Waals surface area contributed by atoms with Gasteiger partial charge < -0.3 is 58.4 Å². The zero-order valence-electron chi connectivity index (χ0n) is 29.4. The van der Waals surface area contributed by atoms with Gasteiger partial charge in [-0.25, -0.2) is 4.98 Å². The van der Waals surface area contributed by atoms with Crippen molar-refractivity contribution >= 4 is 41.4 Å². The van der Waals surface area contributed by atoms with Crippen LogP contribution < -0.4 is 43.4 Å². The Morgan fingerprint density at radius 2 is 1.54 bits per heavy atom. The number of likely N-dealkylation sites (N-methyl/N-ethyl adjacent to an activating group) is 1. The summed E-state index contributed by atoms with van der Waals surface area (Å²) < 4.78 is 0. The van der Waals surface area contributed by atoms with Crippen molar-refractivity contribution in [3.63, 3.8) is 0 Å². The summed E-state index contributed by atoms with van der Waals surface area (Å²) in [5, 5.41) is 25.3. The van der Waals surface area contributed by atoms with Gasteiger partial charge in [0.1, 0.15) is 23.9 Å². The molecule has 1 aliphatic heterocycles. The molecule has 1 fully saturated rings. The first kappa shape index (κ1) is 40.7. The highest BCUT2D eigenvalue weighted by Gasteiger charge is 2.32. The van der Waals surface area contributed by atoms with Gasteiger partial charge >= 0.3 is 0 Å². The molecule has 3 rings (SSSR count). The van der Waals surface area contributed by atoms with Gasteiger partial charge in [0.15, 0.2) is 5.96 Å². The molecule has 284 valence electrons. The fourth-order valence-electron chi connectivity index (χ4n) is 5.60. The summed E-state index contributed by atoms with van der Waals surface area (Å²) in [7, 11) is 1.57. The molecule has 0 unspecified atom stereocenters. The van der Waals surface area contributed by atoms with E-state index >= 15 is 0 Å². The molecule has 19 nitrogen and oxygen atoms in total. The van der Waals surface area contributed by atoms with E-state index in [1.807, 2.05) is 6.92 Å². The smallest absolute Gasteiger partial charge is 0.245 e. The lowest BCUT2D eigenvalue weighted by Gasteiger charge is -2.27. The van der Waals surface area contributed by atoms with E-state index in [0.717, 1.165) is 12.8 Å². The first-order valence-electron chi connectivity index (χ1n) is 17.0. The number of aromatic amines is 1. The zero-order chi connectivity index (χ0) is 38.0. The van der Waals surface area contributed by atoms with Crippen LogP contribution in [0, 0.1) is 0 Å². The van der Waals surface area contributed by atoms with Crippen molar-refractivity contribution in [1.29, 1.82) is 0 Å². The van der Waals surface area contributed by atoms with E-state index < -0.39 is 60.8 Å². The number of hydrogen-bond acceptors (Lipinski definition) is 10. The topological polar surface area (TPSA) is 291 Å². The lowest BCUT2D eigenvalue weighted by Crippen LogP contribution is -2.55. The van der Waals surface area contributed by atoms with Crippen LogP contribution in [0.15, 0.2) is 41.8 Å².